The summed E-state index contributed by atoms with van der Waals surface area (Å²) in [6.45, 7) is 2.10. The number of anilines is 2. The number of rotatable bonds is 6. The average Bonchev–Trinajstić information content (AvgIpc) is 2.68. The highest BCUT2D eigenvalue weighted by Gasteiger charge is 2.14. The van der Waals surface area contributed by atoms with Gasteiger partial charge in [0, 0.05) is 23.4 Å². The smallest absolute Gasteiger partial charge is 0.255 e. The summed E-state index contributed by atoms with van der Waals surface area (Å²) in [6.07, 6.45) is 3.76. The fraction of sp³-hybridized carbons (Fsp3) is 0.333. The standard InChI is InChI=1S/C21H25N3O2.ClH/c25-20(10-9-16-11-13-22-14-12-16)23-18-7-4-8-19(15-18)24-21(26)17-5-2-1-3-6-17;/h1-8,15-16,22H,9-14H2,(H,23,25)(H,24,26);1H. The quantitative estimate of drug-likeness (QED) is 0.699. The first-order valence-corrected chi connectivity index (χ1v) is 9.18. The molecular weight excluding hydrogens is 362 g/mol. The van der Waals surface area contributed by atoms with Crippen molar-refractivity contribution in [3.8, 4) is 0 Å². The Morgan fingerprint density at radius 3 is 2.30 bits per heavy atom. The molecule has 0 aromatic heterocycles. The Bertz CT molecular complexity index is 746. The van der Waals surface area contributed by atoms with Crippen LogP contribution in [0.5, 0.6) is 0 Å². The number of benzene rings is 2. The first-order chi connectivity index (χ1) is 12.7. The number of carbonyl (C=O) groups excluding carboxylic acids is 2. The van der Waals surface area contributed by atoms with Crippen molar-refractivity contribution in [3.63, 3.8) is 0 Å². The van der Waals surface area contributed by atoms with Gasteiger partial charge in [0.15, 0.2) is 0 Å². The van der Waals surface area contributed by atoms with E-state index >= 15 is 0 Å². The van der Waals surface area contributed by atoms with E-state index in [0.29, 0.717) is 29.3 Å². The van der Waals surface area contributed by atoms with Crippen LogP contribution in [0.25, 0.3) is 0 Å². The molecule has 0 aliphatic carbocycles. The Kier molecular flexibility index (Phi) is 8.30. The molecule has 5 nitrogen and oxygen atoms in total. The van der Waals surface area contributed by atoms with Crippen molar-refractivity contribution >= 4 is 35.6 Å². The second-order valence-corrected chi connectivity index (χ2v) is 6.68. The van der Waals surface area contributed by atoms with Crippen molar-refractivity contribution in [2.45, 2.75) is 25.7 Å². The number of halogens is 1. The highest BCUT2D eigenvalue weighted by atomic mass is 35.5. The van der Waals surface area contributed by atoms with E-state index in [2.05, 4.69) is 16.0 Å². The van der Waals surface area contributed by atoms with Gasteiger partial charge in [-0.3, -0.25) is 9.59 Å². The molecule has 0 atom stereocenters. The summed E-state index contributed by atoms with van der Waals surface area (Å²) in [7, 11) is 0. The van der Waals surface area contributed by atoms with Crippen molar-refractivity contribution in [2.24, 2.45) is 5.92 Å². The molecular formula is C21H26ClN3O2. The number of nitrogens with one attached hydrogen (secondary N) is 3. The largest absolute Gasteiger partial charge is 0.326 e. The van der Waals surface area contributed by atoms with E-state index in [1.54, 1.807) is 18.2 Å². The molecule has 0 saturated carbocycles. The Morgan fingerprint density at radius 2 is 1.59 bits per heavy atom. The van der Waals surface area contributed by atoms with Crippen molar-refractivity contribution < 1.29 is 9.59 Å². The van der Waals surface area contributed by atoms with Gasteiger partial charge >= 0.3 is 0 Å². The minimum Gasteiger partial charge on any atom is -0.326 e. The molecule has 1 saturated heterocycles. The first-order valence-electron chi connectivity index (χ1n) is 9.18. The van der Waals surface area contributed by atoms with E-state index in [0.717, 1.165) is 32.4 Å². The summed E-state index contributed by atoms with van der Waals surface area (Å²) in [6, 6.07) is 16.3. The fourth-order valence-electron chi connectivity index (χ4n) is 3.20. The zero-order valence-corrected chi connectivity index (χ0v) is 16.1. The summed E-state index contributed by atoms with van der Waals surface area (Å²) >= 11 is 0. The molecule has 1 fully saturated rings. The zero-order valence-electron chi connectivity index (χ0n) is 15.2. The minimum atomic E-state index is -0.167. The minimum absolute atomic E-state index is 0. The molecule has 1 heterocycles. The second kappa shape index (κ2) is 10.7. The fourth-order valence-corrected chi connectivity index (χ4v) is 3.20. The predicted octanol–water partition coefficient (Wildman–Crippen LogP) is 4.08. The molecule has 2 aromatic rings. The third-order valence-electron chi connectivity index (χ3n) is 4.68. The number of hydrogen-bond acceptors (Lipinski definition) is 3. The molecule has 2 amide bonds. The lowest BCUT2D eigenvalue weighted by Gasteiger charge is -2.22. The van der Waals surface area contributed by atoms with Gasteiger partial charge in [-0.05, 0) is 68.6 Å². The van der Waals surface area contributed by atoms with Crippen molar-refractivity contribution in [2.75, 3.05) is 23.7 Å². The summed E-state index contributed by atoms with van der Waals surface area (Å²) in [5.41, 5.74) is 1.96. The van der Waals surface area contributed by atoms with Crippen molar-refractivity contribution in [3.05, 3.63) is 60.2 Å². The van der Waals surface area contributed by atoms with Gasteiger partial charge in [-0.1, -0.05) is 24.3 Å². The Balaban J connectivity index is 0.00000261. The van der Waals surface area contributed by atoms with Crippen LogP contribution < -0.4 is 16.0 Å². The number of amides is 2. The monoisotopic (exact) mass is 387 g/mol. The zero-order chi connectivity index (χ0) is 18.2. The molecule has 3 N–H and O–H groups in total. The van der Waals surface area contributed by atoms with Crippen LogP contribution in [0.4, 0.5) is 11.4 Å². The van der Waals surface area contributed by atoms with Gasteiger partial charge in [-0.15, -0.1) is 12.4 Å². The summed E-state index contributed by atoms with van der Waals surface area (Å²) in [5.74, 6) is 0.494. The Morgan fingerprint density at radius 1 is 0.926 bits per heavy atom. The van der Waals surface area contributed by atoms with E-state index < -0.39 is 0 Å². The summed E-state index contributed by atoms with van der Waals surface area (Å²) in [5, 5.41) is 9.13. The highest BCUT2D eigenvalue weighted by molar-refractivity contribution is 6.04. The molecule has 6 heteroatoms. The van der Waals surface area contributed by atoms with Crippen LogP contribution in [0.1, 0.15) is 36.0 Å². The van der Waals surface area contributed by atoms with Crippen LogP contribution in [0.2, 0.25) is 0 Å². The molecule has 0 spiro atoms. The molecule has 27 heavy (non-hydrogen) atoms. The van der Waals surface area contributed by atoms with Crippen LogP contribution in [0, 0.1) is 5.92 Å². The lowest BCUT2D eigenvalue weighted by molar-refractivity contribution is -0.116. The van der Waals surface area contributed by atoms with Gasteiger partial charge in [0.2, 0.25) is 5.91 Å². The van der Waals surface area contributed by atoms with Crippen LogP contribution in [-0.2, 0) is 4.79 Å². The molecule has 1 aliphatic heterocycles. The maximum Gasteiger partial charge on any atom is 0.255 e. The van der Waals surface area contributed by atoms with Crippen molar-refractivity contribution in [1.82, 2.24) is 5.32 Å². The van der Waals surface area contributed by atoms with Gasteiger partial charge < -0.3 is 16.0 Å². The predicted molar refractivity (Wildman–Crippen MR) is 112 cm³/mol. The molecule has 3 rings (SSSR count). The van der Waals surface area contributed by atoms with Crippen LogP contribution in [-0.4, -0.2) is 24.9 Å². The van der Waals surface area contributed by atoms with Gasteiger partial charge in [0.05, 0.1) is 0 Å². The van der Waals surface area contributed by atoms with E-state index in [1.807, 2.05) is 36.4 Å². The maximum atomic E-state index is 12.2. The molecule has 0 unspecified atom stereocenters. The van der Waals surface area contributed by atoms with Crippen LogP contribution >= 0.6 is 12.4 Å². The van der Waals surface area contributed by atoms with Gasteiger partial charge in [0.25, 0.3) is 5.91 Å². The molecule has 0 bridgehead atoms. The molecule has 1 aliphatic rings. The number of hydrogen-bond donors (Lipinski definition) is 3. The normalized spacial score (nSPS) is 14.1. The molecule has 0 radical (unpaired) electrons. The van der Waals surface area contributed by atoms with Crippen LogP contribution in [0.3, 0.4) is 0 Å². The molecule has 144 valence electrons. The van der Waals surface area contributed by atoms with E-state index in [-0.39, 0.29) is 24.2 Å². The third-order valence-corrected chi connectivity index (χ3v) is 4.68. The Labute approximate surface area is 166 Å². The summed E-state index contributed by atoms with van der Waals surface area (Å²) < 4.78 is 0. The number of piperidine rings is 1. The molecule has 2 aromatic carbocycles. The van der Waals surface area contributed by atoms with E-state index in [9.17, 15) is 9.59 Å². The lowest BCUT2D eigenvalue weighted by atomic mass is 9.93. The average molecular weight is 388 g/mol. The Hall–Kier alpha value is -2.37. The lowest BCUT2D eigenvalue weighted by Crippen LogP contribution is -2.28. The first kappa shape index (κ1) is 20.9. The highest BCUT2D eigenvalue weighted by Crippen LogP contribution is 2.20. The maximum absolute atomic E-state index is 12.2. The topological polar surface area (TPSA) is 70.2 Å². The number of carbonyl (C=O) groups is 2. The van der Waals surface area contributed by atoms with Gasteiger partial charge in [-0.25, -0.2) is 0 Å². The second-order valence-electron chi connectivity index (χ2n) is 6.68. The summed E-state index contributed by atoms with van der Waals surface area (Å²) in [4.78, 5) is 24.4. The van der Waals surface area contributed by atoms with Crippen molar-refractivity contribution in [1.29, 1.82) is 0 Å². The van der Waals surface area contributed by atoms with E-state index in [1.165, 1.54) is 0 Å². The van der Waals surface area contributed by atoms with Gasteiger partial charge in [0.1, 0.15) is 0 Å². The van der Waals surface area contributed by atoms with Gasteiger partial charge in [-0.2, -0.15) is 0 Å². The van der Waals surface area contributed by atoms with E-state index in [4.69, 9.17) is 0 Å². The SMILES string of the molecule is Cl.O=C(CCC1CCNCC1)Nc1cccc(NC(=O)c2ccccc2)c1. The van der Waals surface area contributed by atoms with Crippen LogP contribution in [0.15, 0.2) is 54.6 Å². The third kappa shape index (κ3) is 6.70.